The van der Waals surface area contributed by atoms with E-state index in [0.29, 0.717) is 6.42 Å². The molecule has 1 aromatic rings. The van der Waals surface area contributed by atoms with Gasteiger partial charge in [0.25, 0.3) is 0 Å². The van der Waals surface area contributed by atoms with Crippen LogP contribution in [0.3, 0.4) is 0 Å². The van der Waals surface area contributed by atoms with Gasteiger partial charge in [0.1, 0.15) is 6.04 Å². The van der Waals surface area contributed by atoms with Crippen LogP contribution in [0.5, 0.6) is 0 Å². The van der Waals surface area contributed by atoms with Gasteiger partial charge in [-0.2, -0.15) is 5.26 Å². The maximum absolute atomic E-state index is 11.8. The SMILES string of the molecule is Cc1ccc(CCCC(=O)N[C@@H](CCC(N)=O)C(=O)OO)cc1. The summed E-state index contributed by atoms with van der Waals surface area (Å²) in [7, 11) is 0. The molecule has 1 atom stereocenters. The molecule has 0 aliphatic rings. The Labute approximate surface area is 134 Å². The van der Waals surface area contributed by atoms with E-state index in [-0.39, 0.29) is 25.2 Å². The van der Waals surface area contributed by atoms with Gasteiger partial charge in [0.2, 0.25) is 11.8 Å². The summed E-state index contributed by atoms with van der Waals surface area (Å²) < 4.78 is 0. The molecule has 2 amide bonds. The summed E-state index contributed by atoms with van der Waals surface area (Å²) in [5.74, 6) is -1.97. The highest BCUT2D eigenvalue weighted by Gasteiger charge is 2.22. The Morgan fingerprint density at radius 2 is 1.87 bits per heavy atom. The quantitative estimate of drug-likeness (QED) is 0.464. The van der Waals surface area contributed by atoms with E-state index in [1.54, 1.807) is 0 Å². The minimum absolute atomic E-state index is 0.0154. The minimum atomic E-state index is -1.08. The number of amides is 2. The fourth-order valence-corrected chi connectivity index (χ4v) is 2.07. The molecule has 0 unspecified atom stereocenters. The van der Waals surface area contributed by atoms with Crippen LogP contribution in [0.1, 0.15) is 36.8 Å². The smallest absolute Gasteiger partial charge is 0.364 e. The summed E-state index contributed by atoms with van der Waals surface area (Å²) in [4.78, 5) is 37.6. The van der Waals surface area contributed by atoms with E-state index >= 15 is 0 Å². The zero-order valence-electron chi connectivity index (χ0n) is 13.1. The molecule has 0 radical (unpaired) electrons. The molecule has 126 valence electrons. The molecule has 0 saturated heterocycles. The van der Waals surface area contributed by atoms with Gasteiger partial charge in [-0.05, 0) is 31.7 Å². The average Bonchev–Trinajstić information content (AvgIpc) is 2.52. The second-order valence-electron chi connectivity index (χ2n) is 5.37. The Bertz CT molecular complexity index is 542. The number of benzene rings is 1. The molecule has 0 bridgehead atoms. The molecule has 4 N–H and O–H groups in total. The number of carbonyl (C=O) groups is 3. The van der Waals surface area contributed by atoms with Crippen molar-refractivity contribution < 1.29 is 24.5 Å². The van der Waals surface area contributed by atoms with Crippen molar-refractivity contribution in [3.05, 3.63) is 35.4 Å². The molecule has 1 aromatic carbocycles. The first-order chi connectivity index (χ1) is 10.9. The van der Waals surface area contributed by atoms with Gasteiger partial charge in [-0.1, -0.05) is 29.8 Å². The summed E-state index contributed by atoms with van der Waals surface area (Å²) in [6.07, 6.45) is 1.47. The van der Waals surface area contributed by atoms with Gasteiger partial charge < -0.3 is 11.1 Å². The average molecular weight is 322 g/mol. The third-order valence-electron chi connectivity index (χ3n) is 3.38. The van der Waals surface area contributed by atoms with Crippen LogP contribution in [0.25, 0.3) is 0 Å². The van der Waals surface area contributed by atoms with Crippen LogP contribution in [0.15, 0.2) is 24.3 Å². The number of aryl methyl sites for hydroxylation is 2. The molecular weight excluding hydrogens is 300 g/mol. The van der Waals surface area contributed by atoms with Crippen LogP contribution >= 0.6 is 0 Å². The Morgan fingerprint density at radius 3 is 2.43 bits per heavy atom. The molecule has 0 aromatic heterocycles. The van der Waals surface area contributed by atoms with Crippen molar-refractivity contribution in [2.24, 2.45) is 5.73 Å². The highest BCUT2D eigenvalue weighted by molar-refractivity contribution is 5.84. The van der Waals surface area contributed by atoms with Gasteiger partial charge in [0.05, 0.1) is 0 Å². The van der Waals surface area contributed by atoms with Crippen LogP contribution in [0.4, 0.5) is 0 Å². The normalized spacial score (nSPS) is 11.6. The second-order valence-corrected chi connectivity index (χ2v) is 5.37. The van der Waals surface area contributed by atoms with Crippen molar-refractivity contribution in [3.63, 3.8) is 0 Å². The number of hydrogen-bond acceptors (Lipinski definition) is 5. The number of hydrogen-bond donors (Lipinski definition) is 3. The third kappa shape index (κ3) is 7.42. The van der Waals surface area contributed by atoms with Gasteiger partial charge in [-0.25, -0.2) is 4.79 Å². The van der Waals surface area contributed by atoms with E-state index in [1.165, 1.54) is 5.56 Å². The Kier molecular flexibility index (Phi) is 7.76. The zero-order chi connectivity index (χ0) is 17.2. The Hall–Kier alpha value is -2.41. The van der Waals surface area contributed by atoms with E-state index in [2.05, 4.69) is 10.2 Å². The lowest BCUT2D eigenvalue weighted by Gasteiger charge is -2.14. The monoisotopic (exact) mass is 322 g/mol. The number of rotatable bonds is 9. The molecule has 0 spiro atoms. The Balaban J connectivity index is 2.40. The van der Waals surface area contributed by atoms with Gasteiger partial charge >= 0.3 is 5.97 Å². The van der Waals surface area contributed by atoms with Crippen LogP contribution in [0, 0.1) is 6.92 Å². The van der Waals surface area contributed by atoms with E-state index in [4.69, 9.17) is 11.0 Å². The summed E-state index contributed by atoms with van der Waals surface area (Å²) in [5, 5.41) is 10.9. The molecule has 0 heterocycles. The Morgan fingerprint density at radius 1 is 1.22 bits per heavy atom. The summed E-state index contributed by atoms with van der Waals surface area (Å²) in [5.41, 5.74) is 7.30. The maximum Gasteiger partial charge on any atom is 0.364 e. The molecule has 23 heavy (non-hydrogen) atoms. The topological polar surface area (TPSA) is 119 Å². The first-order valence-electron chi connectivity index (χ1n) is 7.41. The molecule has 0 saturated carbocycles. The second kappa shape index (κ2) is 9.58. The van der Waals surface area contributed by atoms with E-state index in [9.17, 15) is 14.4 Å². The van der Waals surface area contributed by atoms with Crippen molar-refractivity contribution >= 4 is 17.8 Å². The van der Waals surface area contributed by atoms with Gasteiger partial charge in [0, 0.05) is 12.8 Å². The van der Waals surface area contributed by atoms with Crippen LogP contribution in [-0.4, -0.2) is 29.1 Å². The van der Waals surface area contributed by atoms with Gasteiger partial charge in [0.15, 0.2) is 0 Å². The first kappa shape index (κ1) is 18.6. The molecule has 0 aliphatic heterocycles. The maximum atomic E-state index is 11.8. The lowest BCUT2D eigenvalue weighted by atomic mass is 10.1. The predicted octanol–water partition coefficient (Wildman–Crippen LogP) is 1.08. The van der Waals surface area contributed by atoms with Crippen molar-refractivity contribution in [1.29, 1.82) is 0 Å². The van der Waals surface area contributed by atoms with Crippen LogP contribution < -0.4 is 11.1 Å². The van der Waals surface area contributed by atoms with Gasteiger partial charge in [-0.15, -0.1) is 0 Å². The van der Waals surface area contributed by atoms with E-state index in [0.717, 1.165) is 12.0 Å². The summed E-state index contributed by atoms with van der Waals surface area (Å²) >= 11 is 0. The van der Waals surface area contributed by atoms with Crippen molar-refractivity contribution in [2.45, 2.75) is 45.1 Å². The first-order valence-corrected chi connectivity index (χ1v) is 7.41. The molecule has 7 nitrogen and oxygen atoms in total. The number of nitrogens with two attached hydrogens (primary N) is 1. The van der Waals surface area contributed by atoms with Crippen LogP contribution in [-0.2, 0) is 25.7 Å². The van der Waals surface area contributed by atoms with Crippen molar-refractivity contribution in [2.75, 3.05) is 0 Å². The molecule has 0 aliphatic carbocycles. The van der Waals surface area contributed by atoms with Crippen molar-refractivity contribution in [3.8, 4) is 0 Å². The molecular formula is C16H22N2O5. The predicted molar refractivity (Wildman–Crippen MR) is 83.2 cm³/mol. The number of nitrogens with one attached hydrogen (secondary N) is 1. The highest BCUT2D eigenvalue weighted by Crippen LogP contribution is 2.08. The number of primary amides is 1. The lowest BCUT2D eigenvalue weighted by Crippen LogP contribution is -2.42. The highest BCUT2D eigenvalue weighted by atomic mass is 17.1. The summed E-state index contributed by atoms with van der Waals surface area (Å²) in [6.45, 7) is 2.00. The minimum Gasteiger partial charge on any atom is -0.370 e. The van der Waals surface area contributed by atoms with Gasteiger partial charge in [-0.3, -0.25) is 14.5 Å². The largest absolute Gasteiger partial charge is 0.370 e. The van der Waals surface area contributed by atoms with E-state index in [1.807, 2.05) is 31.2 Å². The van der Waals surface area contributed by atoms with E-state index < -0.39 is 17.9 Å². The number of carbonyl (C=O) groups excluding carboxylic acids is 3. The fourth-order valence-electron chi connectivity index (χ4n) is 2.07. The lowest BCUT2D eigenvalue weighted by molar-refractivity contribution is -0.236. The summed E-state index contributed by atoms with van der Waals surface area (Å²) in [6, 6.07) is 6.94. The standard InChI is InChI=1S/C16H22N2O5/c1-11-5-7-12(8-6-11)3-2-4-15(20)18-13(16(21)23-22)9-10-14(17)19/h5-8,13,22H,2-4,9-10H2,1H3,(H2,17,19)(H,18,20)/t13-/m0/s1. The molecule has 0 fully saturated rings. The third-order valence-corrected chi connectivity index (χ3v) is 3.38. The molecule has 7 heteroatoms. The fraction of sp³-hybridized carbons (Fsp3) is 0.438. The van der Waals surface area contributed by atoms with Crippen LogP contribution in [0.2, 0.25) is 0 Å². The molecule has 1 rings (SSSR count). The van der Waals surface area contributed by atoms with Crippen molar-refractivity contribution in [1.82, 2.24) is 5.32 Å². The zero-order valence-corrected chi connectivity index (χ0v) is 13.1.